The number of piperazine rings is 1. The Morgan fingerprint density at radius 2 is 1.76 bits per heavy atom. The van der Waals surface area contributed by atoms with Crippen molar-refractivity contribution >= 4 is 29.0 Å². The zero-order valence-electron chi connectivity index (χ0n) is 22.3. The van der Waals surface area contributed by atoms with Crippen LogP contribution in [0.5, 0.6) is 0 Å². The number of likely N-dealkylation sites (tertiary alicyclic amines) is 1. The molecule has 9 heteroatoms. The average Bonchev–Trinajstić information content (AvgIpc) is 3.43. The van der Waals surface area contributed by atoms with Crippen LogP contribution in [-0.4, -0.2) is 92.0 Å². The minimum Gasteiger partial charge on any atom is -0.444 e. The number of benzene rings is 1. The minimum atomic E-state index is -0.540. The van der Waals surface area contributed by atoms with E-state index in [2.05, 4.69) is 45.4 Å². The van der Waals surface area contributed by atoms with Gasteiger partial charge in [0.2, 0.25) is 0 Å². The number of aryl methyl sites for hydroxylation is 1. The van der Waals surface area contributed by atoms with Gasteiger partial charge in [-0.05, 0) is 63.4 Å². The normalized spacial score (nSPS) is 21.1. The lowest BCUT2D eigenvalue weighted by atomic mass is 10.1. The van der Waals surface area contributed by atoms with Crippen LogP contribution < -0.4 is 10.2 Å². The molecule has 0 unspecified atom stereocenters. The fourth-order valence-corrected chi connectivity index (χ4v) is 6.28. The molecule has 37 heavy (non-hydrogen) atoms. The van der Waals surface area contributed by atoms with E-state index in [4.69, 9.17) is 9.47 Å². The van der Waals surface area contributed by atoms with Crippen molar-refractivity contribution < 1.29 is 19.1 Å². The molecule has 3 aliphatic heterocycles. The van der Waals surface area contributed by atoms with E-state index in [-0.39, 0.29) is 11.9 Å². The van der Waals surface area contributed by atoms with Gasteiger partial charge in [0.15, 0.2) is 0 Å². The summed E-state index contributed by atoms with van der Waals surface area (Å²) in [7, 11) is 0. The van der Waals surface area contributed by atoms with Gasteiger partial charge in [-0.25, -0.2) is 4.79 Å². The molecule has 8 nitrogen and oxygen atoms in total. The van der Waals surface area contributed by atoms with Crippen LogP contribution in [0.3, 0.4) is 0 Å². The van der Waals surface area contributed by atoms with Crippen molar-refractivity contribution in [2.45, 2.75) is 51.8 Å². The molecule has 1 aromatic carbocycles. The Morgan fingerprint density at radius 3 is 2.38 bits per heavy atom. The molecular weight excluding hydrogens is 488 g/mol. The number of anilines is 1. The van der Waals surface area contributed by atoms with Crippen LogP contribution in [0.1, 0.15) is 42.4 Å². The molecular formula is C28H38N4O4S. The van der Waals surface area contributed by atoms with E-state index in [0.717, 1.165) is 66.7 Å². The smallest absolute Gasteiger partial charge is 0.407 e. The van der Waals surface area contributed by atoms with Crippen molar-refractivity contribution in [3.8, 4) is 10.4 Å². The number of rotatable bonds is 5. The van der Waals surface area contributed by atoms with Gasteiger partial charge >= 0.3 is 6.09 Å². The van der Waals surface area contributed by atoms with E-state index in [1.807, 2.05) is 32.6 Å². The Morgan fingerprint density at radius 1 is 1.05 bits per heavy atom. The van der Waals surface area contributed by atoms with Crippen molar-refractivity contribution in [1.82, 2.24) is 15.1 Å². The monoisotopic (exact) mass is 526 g/mol. The standard InChI is InChI=1S/C28H38N4O4S/c1-19-15-24(20-5-7-22(8-6-20)30-11-13-31(14-12-30)23-17-35-18-23)37-25(19)26(33)32-10-9-21(16-32)29-27(34)36-28(2,3)4/h5-8,15,21,23H,9-14,16-18H2,1-4H3,(H,29,34)/t21-/m0/s1. The van der Waals surface area contributed by atoms with Gasteiger partial charge in [-0.15, -0.1) is 11.3 Å². The molecule has 5 rings (SSSR count). The summed E-state index contributed by atoms with van der Waals surface area (Å²) >= 11 is 1.55. The number of carbonyl (C=O) groups is 2. The van der Waals surface area contributed by atoms with Gasteiger partial charge in [-0.1, -0.05) is 12.1 Å². The van der Waals surface area contributed by atoms with Crippen LogP contribution >= 0.6 is 11.3 Å². The van der Waals surface area contributed by atoms with Gasteiger partial charge in [0.05, 0.1) is 30.2 Å². The Hall–Kier alpha value is -2.62. The Labute approximate surface area is 223 Å². The number of nitrogens with zero attached hydrogens (tertiary/aromatic N) is 3. The number of hydrogen-bond donors (Lipinski definition) is 1. The van der Waals surface area contributed by atoms with Gasteiger partial charge in [0.25, 0.3) is 5.91 Å². The number of amides is 2. The van der Waals surface area contributed by atoms with Crippen LogP contribution in [0.2, 0.25) is 0 Å². The van der Waals surface area contributed by atoms with Gasteiger partial charge < -0.3 is 24.6 Å². The second kappa shape index (κ2) is 10.6. The van der Waals surface area contributed by atoms with Crippen molar-refractivity contribution in [2.75, 3.05) is 57.4 Å². The molecule has 0 radical (unpaired) electrons. The van der Waals surface area contributed by atoms with Gasteiger partial charge in [-0.3, -0.25) is 9.69 Å². The molecule has 0 spiro atoms. The lowest BCUT2D eigenvalue weighted by Gasteiger charge is -2.43. The third-order valence-electron chi connectivity index (χ3n) is 7.28. The van der Waals surface area contributed by atoms with E-state index in [9.17, 15) is 9.59 Å². The summed E-state index contributed by atoms with van der Waals surface area (Å²) in [5.41, 5.74) is 2.83. The van der Waals surface area contributed by atoms with Crippen LogP contribution in [0.15, 0.2) is 30.3 Å². The summed E-state index contributed by atoms with van der Waals surface area (Å²) in [6.07, 6.45) is 0.298. The number of ether oxygens (including phenoxy) is 2. The maximum Gasteiger partial charge on any atom is 0.407 e. The Kier molecular flexibility index (Phi) is 7.47. The molecule has 3 saturated heterocycles. The quantitative estimate of drug-likeness (QED) is 0.635. The van der Waals surface area contributed by atoms with E-state index < -0.39 is 11.7 Å². The SMILES string of the molecule is Cc1cc(-c2ccc(N3CCN(C4COC4)CC3)cc2)sc1C(=O)N1CC[C@H](NC(=O)OC(C)(C)C)C1. The molecule has 1 N–H and O–H groups in total. The molecule has 1 aromatic heterocycles. The molecule has 0 aliphatic carbocycles. The highest BCUT2D eigenvalue weighted by molar-refractivity contribution is 7.17. The lowest BCUT2D eigenvalue weighted by molar-refractivity contribution is -0.0660. The van der Waals surface area contributed by atoms with E-state index in [1.54, 1.807) is 11.3 Å². The average molecular weight is 527 g/mol. The van der Waals surface area contributed by atoms with Gasteiger partial charge in [-0.2, -0.15) is 0 Å². The van der Waals surface area contributed by atoms with Crippen LogP contribution in [0.25, 0.3) is 10.4 Å². The third-order valence-corrected chi connectivity index (χ3v) is 8.55. The first-order valence-electron chi connectivity index (χ1n) is 13.2. The van der Waals surface area contributed by atoms with Crippen LogP contribution in [0.4, 0.5) is 10.5 Å². The Bertz CT molecular complexity index is 1110. The summed E-state index contributed by atoms with van der Waals surface area (Å²) < 4.78 is 10.7. The maximum absolute atomic E-state index is 13.3. The second-order valence-corrected chi connectivity index (χ2v) is 12.3. The zero-order valence-corrected chi connectivity index (χ0v) is 23.1. The van der Waals surface area contributed by atoms with E-state index in [0.29, 0.717) is 19.1 Å². The molecule has 0 bridgehead atoms. The molecule has 1 atom stereocenters. The highest BCUT2D eigenvalue weighted by Crippen LogP contribution is 2.34. The van der Waals surface area contributed by atoms with Gasteiger partial charge in [0, 0.05) is 49.8 Å². The third kappa shape index (κ3) is 6.10. The number of thiophene rings is 1. The first-order chi connectivity index (χ1) is 17.7. The fraction of sp³-hybridized carbons (Fsp3) is 0.571. The van der Waals surface area contributed by atoms with Crippen molar-refractivity contribution in [2.24, 2.45) is 0 Å². The first-order valence-corrected chi connectivity index (χ1v) is 14.0. The topological polar surface area (TPSA) is 74.4 Å². The second-order valence-electron chi connectivity index (χ2n) is 11.3. The molecule has 0 saturated carbocycles. The first kappa shape index (κ1) is 26.0. The van der Waals surface area contributed by atoms with Gasteiger partial charge in [0.1, 0.15) is 5.60 Å². The van der Waals surface area contributed by atoms with Crippen molar-refractivity contribution in [3.63, 3.8) is 0 Å². The summed E-state index contributed by atoms with van der Waals surface area (Å²) in [4.78, 5) is 34.1. The number of carbonyl (C=O) groups excluding carboxylic acids is 2. The maximum atomic E-state index is 13.3. The van der Waals surface area contributed by atoms with E-state index in [1.165, 1.54) is 5.69 Å². The number of alkyl carbamates (subject to hydrolysis) is 1. The highest BCUT2D eigenvalue weighted by Gasteiger charge is 2.31. The molecule has 2 amide bonds. The summed E-state index contributed by atoms with van der Waals surface area (Å²) in [5.74, 6) is 0.0357. The molecule has 2 aromatic rings. The number of hydrogen-bond acceptors (Lipinski definition) is 7. The fourth-order valence-electron chi connectivity index (χ4n) is 5.13. The van der Waals surface area contributed by atoms with Crippen LogP contribution in [-0.2, 0) is 9.47 Å². The van der Waals surface area contributed by atoms with E-state index >= 15 is 0 Å². The number of nitrogens with one attached hydrogen (secondary N) is 1. The molecule has 3 aliphatic rings. The van der Waals surface area contributed by atoms with Crippen molar-refractivity contribution in [1.29, 1.82) is 0 Å². The summed E-state index contributed by atoms with van der Waals surface area (Å²) in [5, 5.41) is 2.90. The predicted molar refractivity (Wildman–Crippen MR) is 147 cm³/mol. The molecule has 4 heterocycles. The lowest BCUT2D eigenvalue weighted by Crippen LogP contribution is -2.56. The van der Waals surface area contributed by atoms with Crippen molar-refractivity contribution in [3.05, 3.63) is 40.8 Å². The summed E-state index contributed by atoms with van der Waals surface area (Å²) in [6, 6.07) is 11.3. The molecule has 200 valence electrons. The molecule has 3 fully saturated rings. The minimum absolute atomic E-state index is 0.0357. The zero-order chi connectivity index (χ0) is 26.2. The van der Waals surface area contributed by atoms with Crippen LogP contribution in [0, 0.1) is 6.92 Å². The Balaban J connectivity index is 1.17. The summed E-state index contributed by atoms with van der Waals surface area (Å²) in [6.45, 7) is 14.6. The highest BCUT2D eigenvalue weighted by atomic mass is 32.1. The predicted octanol–water partition coefficient (Wildman–Crippen LogP) is 3.98. The largest absolute Gasteiger partial charge is 0.444 e.